The number of carboxylic acids is 1. The number of carboxylic acid groups (broad SMARTS) is 1. The predicted molar refractivity (Wildman–Crippen MR) is 118 cm³/mol. The van der Waals surface area contributed by atoms with Crippen LogP contribution in [0, 0.1) is 5.92 Å². The number of halogens is 2. The van der Waals surface area contributed by atoms with Crippen LogP contribution in [-0.4, -0.2) is 47.8 Å². The average molecular weight is 476 g/mol. The molecule has 1 heterocycles. The summed E-state index contributed by atoms with van der Waals surface area (Å²) >= 11 is 5.33. The molecule has 0 amide bonds. The number of aromatic nitrogens is 1. The lowest BCUT2D eigenvalue weighted by Gasteiger charge is -2.23. The molecule has 1 aromatic carbocycles. The molecule has 0 bridgehead atoms. The molecule has 1 aliphatic rings. The van der Waals surface area contributed by atoms with Crippen LogP contribution in [0.15, 0.2) is 40.0 Å². The number of nitrogens with two attached hydrogens (primary N) is 1. The molecule has 0 radical (unpaired) electrons. The molecule has 0 saturated heterocycles. The Balaban J connectivity index is 0.00000320. The summed E-state index contributed by atoms with van der Waals surface area (Å²) < 4.78 is 30.7. The van der Waals surface area contributed by atoms with Crippen molar-refractivity contribution in [1.82, 2.24) is 9.29 Å². The second-order valence-electron chi connectivity index (χ2n) is 7.01. The molecule has 12 heteroatoms. The van der Waals surface area contributed by atoms with Crippen LogP contribution >= 0.6 is 24.2 Å². The van der Waals surface area contributed by atoms with Gasteiger partial charge in [-0.2, -0.15) is 4.31 Å². The van der Waals surface area contributed by atoms with E-state index in [2.05, 4.69) is 14.8 Å². The van der Waals surface area contributed by atoms with Crippen molar-refractivity contribution in [3.05, 3.63) is 30.6 Å². The first-order chi connectivity index (χ1) is 13.8. The minimum atomic E-state index is -3.98. The van der Waals surface area contributed by atoms with Crippen LogP contribution in [0.25, 0.3) is 10.8 Å². The minimum absolute atomic E-state index is 0. The number of rotatable bonds is 7. The van der Waals surface area contributed by atoms with Crippen molar-refractivity contribution in [2.24, 2.45) is 16.2 Å². The Kier molecular flexibility index (Phi) is 8.25. The number of hydrogen-bond acceptors (Lipinski definition) is 5. The number of aliphatic carboxylic acids is 1. The topological polar surface area (TPSA) is 138 Å². The highest BCUT2D eigenvalue weighted by molar-refractivity contribution is 7.89. The van der Waals surface area contributed by atoms with Gasteiger partial charge in [0.15, 0.2) is 0 Å². The van der Waals surface area contributed by atoms with E-state index >= 15 is 0 Å². The fourth-order valence-electron chi connectivity index (χ4n) is 3.60. The van der Waals surface area contributed by atoms with E-state index in [-0.39, 0.29) is 35.7 Å². The summed E-state index contributed by atoms with van der Waals surface area (Å²) in [5.74, 6) is -1.03. The van der Waals surface area contributed by atoms with Crippen molar-refractivity contribution >= 4 is 62.6 Å². The molecular formula is C18H23Cl2N5O4S. The van der Waals surface area contributed by atoms with Gasteiger partial charge in [0.05, 0.1) is 16.8 Å². The molecule has 3 rings (SSSR count). The van der Waals surface area contributed by atoms with Gasteiger partial charge in [-0.1, -0.05) is 18.9 Å². The smallest absolute Gasteiger partial charge is 0.318 e. The van der Waals surface area contributed by atoms with Gasteiger partial charge in [0.2, 0.25) is 16.0 Å². The highest BCUT2D eigenvalue weighted by Crippen LogP contribution is 2.30. The fraction of sp³-hybridized carbons (Fsp3) is 0.389. The molecule has 1 aliphatic carbocycles. The second-order valence-corrected chi connectivity index (χ2v) is 9.11. The third-order valence-electron chi connectivity index (χ3n) is 4.97. The molecule has 2 aromatic rings. The lowest BCUT2D eigenvalue weighted by molar-refractivity contribution is -0.137. The third kappa shape index (κ3) is 5.51. The molecule has 1 saturated carbocycles. The van der Waals surface area contributed by atoms with Crippen molar-refractivity contribution in [2.75, 3.05) is 18.4 Å². The summed E-state index contributed by atoms with van der Waals surface area (Å²) in [7, 11) is -3.98. The first kappa shape index (κ1) is 24.1. The van der Waals surface area contributed by atoms with Crippen molar-refractivity contribution < 1.29 is 18.3 Å². The van der Waals surface area contributed by atoms with Gasteiger partial charge in [-0.05, 0) is 30.9 Å². The Morgan fingerprint density at radius 2 is 2.03 bits per heavy atom. The molecule has 0 atom stereocenters. The molecule has 0 aliphatic heterocycles. The SMILES string of the molecule is Cl.NC(=NCl)Nc1cncc2cc(S(=O)(=O)N(CC(=O)O)CC3CCCC3)ccc12. The Bertz CT molecular complexity index is 1040. The van der Waals surface area contributed by atoms with Crippen molar-refractivity contribution in [2.45, 2.75) is 30.6 Å². The Morgan fingerprint density at radius 1 is 1.33 bits per heavy atom. The molecule has 30 heavy (non-hydrogen) atoms. The highest BCUT2D eigenvalue weighted by Gasteiger charge is 2.30. The van der Waals surface area contributed by atoms with Crippen LogP contribution < -0.4 is 11.1 Å². The highest BCUT2D eigenvalue weighted by atomic mass is 35.5. The predicted octanol–water partition coefficient (Wildman–Crippen LogP) is 2.80. The first-order valence-electron chi connectivity index (χ1n) is 9.12. The summed E-state index contributed by atoms with van der Waals surface area (Å²) in [6, 6.07) is 4.53. The molecule has 9 nitrogen and oxygen atoms in total. The number of fused-ring (bicyclic) bond motifs is 1. The van der Waals surface area contributed by atoms with Crippen LogP contribution in [0.4, 0.5) is 5.69 Å². The average Bonchev–Trinajstić information content (AvgIpc) is 3.20. The van der Waals surface area contributed by atoms with Gasteiger partial charge in [0.1, 0.15) is 6.54 Å². The van der Waals surface area contributed by atoms with Gasteiger partial charge >= 0.3 is 5.97 Å². The molecule has 1 fully saturated rings. The number of sulfonamides is 1. The number of anilines is 1. The van der Waals surface area contributed by atoms with E-state index in [9.17, 15) is 18.3 Å². The number of guanidine groups is 1. The number of nitrogens with zero attached hydrogens (tertiary/aromatic N) is 3. The zero-order valence-corrected chi connectivity index (χ0v) is 18.4. The van der Waals surface area contributed by atoms with Gasteiger partial charge in [-0.15, -0.1) is 16.9 Å². The second kappa shape index (κ2) is 10.3. The van der Waals surface area contributed by atoms with Crippen LogP contribution in [0.3, 0.4) is 0 Å². The summed E-state index contributed by atoms with van der Waals surface area (Å²) in [6.07, 6.45) is 6.93. The number of benzene rings is 1. The van der Waals surface area contributed by atoms with E-state index in [0.29, 0.717) is 16.5 Å². The molecule has 164 valence electrons. The van der Waals surface area contributed by atoms with Crippen molar-refractivity contribution in [3.8, 4) is 0 Å². The van der Waals surface area contributed by atoms with Gasteiger partial charge in [-0.3, -0.25) is 9.78 Å². The monoisotopic (exact) mass is 475 g/mol. The standard InChI is InChI=1S/C18H22ClN5O4S.ClH/c19-23-18(20)22-16-9-21-8-13-7-14(5-6-15(13)16)29(27,28)24(11-17(25)26)10-12-3-1-2-4-12;/h5-9,12H,1-4,10-11H2,(H,25,26)(H3,20,22,23);1H. The third-order valence-corrected chi connectivity index (χ3v) is 6.96. The first-order valence-corrected chi connectivity index (χ1v) is 10.9. The lowest BCUT2D eigenvalue weighted by Crippen LogP contribution is -2.38. The Hall–Kier alpha value is -2.14. The quantitative estimate of drug-likeness (QED) is 0.413. The molecule has 1 aromatic heterocycles. The summed E-state index contributed by atoms with van der Waals surface area (Å²) in [5, 5.41) is 13.2. The number of hydrogen-bond donors (Lipinski definition) is 3. The Labute approximate surface area is 185 Å². The molecule has 4 N–H and O–H groups in total. The zero-order valence-electron chi connectivity index (χ0n) is 16.0. The van der Waals surface area contributed by atoms with Crippen molar-refractivity contribution in [1.29, 1.82) is 0 Å². The molecule has 0 unspecified atom stereocenters. The molecule has 0 spiro atoms. The van der Waals surface area contributed by atoms with E-state index in [1.807, 2.05) is 0 Å². The molecular weight excluding hydrogens is 453 g/mol. The van der Waals surface area contributed by atoms with E-state index in [1.165, 1.54) is 24.5 Å². The van der Waals surface area contributed by atoms with E-state index in [0.717, 1.165) is 30.0 Å². The van der Waals surface area contributed by atoms with Crippen LogP contribution in [0.1, 0.15) is 25.7 Å². The maximum absolute atomic E-state index is 13.2. The van der Waals surface area contributed by atoms with Gasteiger partial charge < -0.3 is 16.2 Å². The van der Waals surface area contributed by atoms with E-state index in [4.69, 9.17) is 17.5 Å². The maximum atomic E-state index is 13.2. The van der Waals surface area contributed by atoms with E-state index < -0.39 is 22.5 Å². The van der Waals surface area contributed by atoms with E-state index in [1.54, 1.807) is 6.07 Å². The van der Waals surface area contributed by atoms with Crippen LogP contribution in [0.5, 0.6) is 0 Å². The number of carbonyl (C=O) groups is 1. The lowest BCUT2D eigenvalue weighted by atomic mass is 10.1. The van der Waals surface area contributed by atoms with Gasteiger partial charge in [-0.25, -0.2) is 8.42 Å². The minimum Gasteiger partial charge on any atom is -0.480 e. The normalized spacial score (nSPS) is 15.3. The number of nitrogens with one attached hydrogen (secondary N) is 1. The summed E-state index contributed by atoms with van der Waals surface area (Å²) in [6.45, 7) is -0.366. The Morgan fingerprint density at radius 3 is 2.67 bits per heavy atom. The van der Waals surface area contributed by atoms with Crippen LogP contribution in [-0.2, 0) is 14.8 Å². The van der Waals surface area contributed by atoms with Gasteiger partial charge in [0, 0.05) is 35.3 Å². The summed E-state index contributed by atoms with van der Waals surface area (Å²) in [4.78, 5) is 15.4. The van der Waals surface area contributed by atoms with Crippen LogP contribution in [0.2, 0.25) is 0 Å². The summed E-state index contributed by atoms with van der Waals surface area (Å²) in [5.41, 5.74) is 6.10. The largest absolute Gasteiger partial charge is 0.480 e. The maximum Gasteiger partial charge on any atom is 0.318 e. The van der Waals surface area contributed by atoms with Crippen molar-refractivity contribution in [3.63, 3.8) is 0 Å². The zero-order chi connectivity index (χ0) is 21.0. The fourth-order valence-corrected chi connectivity index (χ4v) is 5.15. The number of pyridine rings is 1. The van der Waals surface area contributed by atoms with Gasteiger partial charge in [0.25, 0.3) is 0 Å².